The van der Waals surface area contributed by atoms with Crippen molar-refractivity contribution in [3.05, 3.63) is 47.8 Å². The quantitative estimate of drug-likeness (QED) is 0.904. The van der Waals surface area contributed by atoms with E-state index < -0.39 is 35.9 Å². The van der Waals surface area contributed by atoms with Crippen molar-refractivity contribution in [3.8, 4) is 0 Å². The van der Waals surface area contributed by atoms with Crippen LogP contribution in [0.2, 0.25) is 0 Å². The van der Waals surface area contributed by atoms with Crippen LogP contribution in [0.25, 0.3) is 0 Å². The van der Waals surface area contributed by atoms with E-state index in [9.17, 15) is 19.1 Å². The number of ether oxygens (including phenoxy) is 1. The van der Waals surface area contributed by atoms with Gasteiger partial charge in [-0.3, -0.25) is 4.79 Å². The van der Waals surface area contributed by atoms with Crippen LogP contribution in [0.5, 0.6) is 0 Å². The van der Waals surface area contributed by atoms with Crippen molar-refractivity contribution in [3.63, 3.8) is 0 Å². The van der Waals surface area contributed by atoms with Gasteiger partial charge in [-0.15, -0.1) is 0 Å². The van der Waals surface area contributed by atoms with E-state index in [0.717, 1.165) is 16.5 Å². The molecule has 124 valence electrons. The van der Waals surface area contributed by atoms with Crippen molar-refractivity contribution < 1.29 is 23.8 Å². The lowest BCUT2D eigenvalue weighted by atomic mass is 9.99. The summed E-state index contributed by atoms with van der Waals surface area (Å²) in [6.45, 7) is 2.91. The highest BCUT2D eigenvalue weighted by Gasteiger charge is 2.41. The average molecular weight is 321 g/mol. The predicted molar refractivity (Wildman–Crippen MR) is 82.2 cm³/mol. The van der Waals surface area contributed by atoms with Crippen LogP contribution in [0.15, 0.2) is 42.2 Å². The first-order valence-corrected chi connectivity index (χ1v) is 7.49. The lowest BCUT2D eigenvalue weighted by Gasteiger charge is -2.25. The molecule has 0 bridgehead atoms. The highest BCUT2D eigenvalue weighted by Crippen LogP contribution is 2.23. The lowest BCUT2D eigenvalue weighted by Crippen LogP contribution is -2.45. The Morgan fingerprint density at radius 1 is 1.48 bits per heavy atom. The summed E-state index contributed by atoms with van der Waals surface area (Å²) in [6.07, 6.45) is -0.778. The fourth-order valence-electron chi connectivity index (χ4n) is 2.53. The van der Waals surface area contributed by atoms with Crippen LogP contribution in [0, 0.1) is 5.92 Å². The van der Waals surface area contributed by atoms with Gasteiger partial charge in [0.25, 0.3) is 0 Å². The molecule has 2 unspecified atom stereocenters. The van der Waals surface area contributed by atoms with Gasteiger partial charge >= 0.3 is 6.09 Å². The predicted octanol–water partition coefficient (Wildman–Crippen LogP) is 2.45. The minimum absolute atomic E-state index is 0.0916. The number of halogens is 1. The zero-order valence-corrected chi connectivity index (χ0v) is 13.1. The zero-order chi connectivity index (χ0) is 17.0. The van der Waals surface area contributed by atoms with Crippen LogP contribution >= 0.6 is 0 Å². The summed E-state index contributed by atoms with van der Waals surface area (Å²) < 4.78 is 18.5. The Morgan fingerprint density at radius 3 is 2.74 bits per heavy atom. The molecule has 1 heterocycles. The number of cyclic esters (lactones) is 1. The van der Waals surface area contributed by atoms with Crippen LogP contribution in [-0.2, 0) is 16.0 Å². The number of amides is 2. The summed E-state index contributed by atoms with van der Waals surface area (Å²) in [7, 11) is 0. The SMILES string of the molecule is CC=C(F)C(O)C(C)C(=O)N1C(=O)OC[C@H]1Cc1ccccc1. The van der Waals surface area contributed by atoms with Gasteiger partial charge in [0, 0.05) is 0 Å². The molecule has 5 nitrogen and oxygen atoms in total. The lowest BCUT2D eigenvalue weighted by molar-refractivity contribution is -0.135. The van der Waals surface area contributed by atoms with Gasteiger partial charge in [0.1, 0.15) is 18.5 Å². The molecule has 1 aliphatic heterocycles. The molecule has 0 spiro atoms. The molecule has 1 aliphatic rings. The fraction of sp³-hybridized carbons (Fsp3) is 0.412. The van der Waals surface area contributed by atoms with Crippen LogP contribution < -0.4 is 0 Å². The van der Waals surface area contributed by atoms with Gasteiger partial charge in [-0.1, -0.05) is 43.3 Å². The van der Waals surface area contributed by atoms with E-state index in [4.69, 9.17) is 4.74 Å². The van der Waals surface area contributed by atoms with E-state index >= 15 is 0 Å². The topological polar surface area (TPSA) is 66.8 Å². The molecule has 1 N–H and O–H groups in total. The summed E-state index contributed by atoms with van der Waals surface area (Å²) in [5.74, 6) is -2.51. The van der Waals surface area contributed by atoms with Gasteiger partial charge in [0.15, 0.2) is 0 Å². The van der Waals surface area contributed by atoms with E-state index in [0.29, 0.717) is 6.42 Å². The highest BCUT2D eigenvalue weighted by molar-refractivity contribution is 5.95. The van der Waals surface area contributed by atoms with Gasteiger partial charge in [0.05, 0.1) is 12.0 Å². The van der Waals surface area contributed by atoms with E-state index in [-0.39, 0.29) is 6.61 Å². The zero-order valence-electron chi connectivity index (χ0n) is 13.1. The molecule has 2 rings (SSSR count). The minimum Gasteiger partial charge on any atom is -0.447 e. The van der Waals surface area contributed by atoms with E-state index in [1.54, 1.807) is 0 Å². The second-order valence-corrected chi connectivity index (χ2v) is 5.54. The number of carbonyl (C=O) groups is 2. The number of rotatable bonds is 5. The molecule has 0 aliphatic carbocycles. The number of imide groups is 1. The van der Waals surface area contributed by atoms with Gasteiger partial charge in [-0.2, -0.15) is 0 Å². The van der Waals surface area contributed by atoms with Crippen LogP contribution in [0.3, 0.4) is 0 Å². The molecule has 1 aromatic carbocycles. The maximum absolute atomic E-state index is 13.5. The number of hydrogen-bond acceptors (Lipinski definition) is 4. The first kappa shape index (κ1) is 17.1. The normalized spacial score (nSPS) is 21.0. The van der Waals surface area contributed by atoms with E-state index in [1.165, 1.54) is 13.8 Å². The summed E-state index contributed by atoms with van der Waals surface area (Å²) in [4.78, 5) is 25.4. The smallest absolute Gasteiger partial charge is 0.416 e. The minimum atomic E-state index is -1.57. The maximum Gasteiger partial charge on any atom is 0.416 e. The molecule has 1 aromatic rings. The van der Waals surface area contributed by atoms with Gasteiger partial charge in [-0.05, 0) is 18.9 Å². The average Bonchev–Trinajstić information content (AvgIpc) is 2.93. The number of aliphatic hydroxyl groups excluding tert-OH is 1. The van der Waals surface area contributed by atoms with Crippen molar-refractivity contribution >= 4 is 12.0 Å². The third kappa shape index (κ3) is 3.76. The molecular weight excluding hydrogens is 301 g/mol. The van der Waals surface area contributed by atoms with Gasteiger partial charge in [0.2, 0.25) is 5.91 Å². The molecule has 1 fully saturated rings. The standard InChI is InChI=1S/C17H20FNO4/c1-3-14(18)15(20)11(2)16(21)19-13(10-23-17(19)22)9-12-7-5-4-6-8-12/h3-8,11,13,15,20H,9-10H2,1-2H3/t11?,13-,15?/m1/s1. The van der Waals surface area contributed by atoms with Crippen molar-refractivity contribution in [1.82, 2.24) is 4.90 Å². The highest BCUT2D eigenvalue weighted by atomic mass is 19.1. The second kappa shape index (κ2) is 7.37. The molecule has 1 saturated heterocycles. The first-order valence-electron chi connectivity index (χ1n) is 7.49. The Bertz CT molecular complexity index is 602. The molecule has 23 heavy (non-hydrogen) atoms. The summed E-state index contributed by atoms with van der Waals surface area (Å²) >= 11 is 0. The number of nitrogens with zero attached hydrogens (tertiary/aromatic N) is 1. The number of carbonyl (C=O) groups excluding carboxylic acids is 2. The van der Waals surface area contributed by atoms with Gasteiger partial charge in [-0.25, -0.2) is 14.1 Å². The monoisotopic (exact) mass is 321 g/mol. The molecule has 2 amide bonds. The molecule has 0 radical (unpaired) electrons. The molecule has 0 saturated carbocycles. The molecule has 6 heteroatoms. The van der Waals surface area contributed by atoms with Crippen LogP contribution in [0.1, 0.15) is 19.4 Å². The van der Waals surface area contributed by atoms with Crippen molar-refractivity contribution in [2.24, 2.45) is 5.92 Å². The molecule has 3 atom stereocenters. The summed E-state index contributed by atoms with van der Waals surface area (Å²) in [5.41, 5.74) is 0.960. The van der Waals surface area contributed by atoms with Crippen LogP contribution in [0.4, 0.5) is 9.18 Å². The fourth-order valence-corrected chi connectivity index (χ4v) is 2.53. The van der Waals surface area contributed by atoms with Crippen molar-refractivity contribution in [2.45, 2.75) is 32.4 Å². The Morgan fingerprint density at radius 2 is 2.13 bits per heavy atom. The van der Waals surface area contributed by atoms with Crippen molar-refractivity contribution in [1.29, 1.82) is 0 Å². The second-order valence-electron chi connectivity index (χ2n) is 5.54. The Kier molecular flexibility index (Phi) is 5.50. The van der Waals surface area contributed by atoms with Crippen molar-refractivity contribution in [2.75, 3.05) is 6.61 Å². The third-order valence-electron chi connectivity index (χ3n) is 3.93. The summed E-state index contributed by atoms with van der Waals surface area (Å²) in [6, 6.07) is 8.94. The Balaban J connectivity index is 2.14. The van der Waals surface area contributed by atoms with Crippen LogP contribution in [-0.4, -0.2) is 40.8 Å². The Hall–Kier alpha value is -2.21. The van der Waals surface area contributed by atoms with E-state index in [1.807, 2.05) is 30.3 Å². The number of benzene rings is 1. The third-order valence-corrected chi connectivity index (χ3v) is 3.93. The number of allylic oxidation sites excluding steroid dienone is 1. The molecular formula is C17H20FNO4. The van der Waals surface area contributed by atoms with E-state index in [2.05, 4.69) is 0 Å². The Labute approximate surface area is 134 Å². The maximum atomic E-state index is 13.5. The molecule has 0 aromatic heterocycles. The number of aliphatic hydroxyl groups is 1. The first-order chi connectivity index (χ1) is 11.0. The summed E-state index contributed by atoms with van der Waals surface area (Å²) in [5, 5.41) is 9.84. The van der Waals surface area contributed by atoms with Gasteiger partial charge < -0.3 is 9.84 Å². The largest absolute Gasteiger partial charge is 0.447 e. The number of hydrogen-bond donors (Lipinski definition) is 1.